The minimum Gasteiger partial charge on any atom is -0.506 e. The number of halogens is 3. The molecular formula is C27H17Br2ClN2O2S. The number of phenols is 1. The minimum atomic E-state index is -0.316. The highest BCUT2D eigenvalue weighted by atomic mass is 79.9. The summed E-state index contributed by atoms with van der Waals surface area (Å²) in [5, 5.41) is 10.7. The number of hydrogen-bond acceptors (Lipinski definition) is 4. The molecule has 0 bridgehead atoms. The summed E-state index contributed by atoms with van der Waals surface area (Å²) in [7, 11) is 0. The van der Waals surface area contributed by atoms with Crippen LogP contribution in [0.15, 0.2) is 85.0 Å². The molecule has 0 spiro atoms. The Morgan fingerprint density at radius 1 is 1.06 bits per heavy atom. The normalized spacial score (nSPS) is 17.0. The summed E-state index contributed by atoms with van der Waals surface area (Å²) in [6, 6.07) is 19.3. The van der Waals surface area contributed by atoms with Crippen LogP contribution < -0.4 is 14.9 Å². The van der Waals surface area contributed by atoms with Crippen molar-refractivity contribution in [2.45, 2.75) is 18.9 Å². The van der Waals surface area contributed by atoms with Crippen LogP contribution in [0.5, 0.6) is 5.75 Å². The zero-order valence-electron chi connectivity index (χ0n) is 18.1. The standard InChI is InChI=1S/C27H17Br2ClN2O2S/c28-19-11-14(12-20(29)25(19)33)13-22-26(34)32-24(17-7-3-4-8-21(17)30)18-10-9-15-5-1-2-6-16(15)23(18)31-27(32)35-22/h1-8,11-13,24,33H,9-10H2. The molecule has 35 heavy (non-hydrogen) atoms. The molecule has 2 aliphatic rings. The predicted octanol–water partition coefficient (Wildman–Crippen LogP) is 6.20. The number of fused-ring (bicyclic) bond motifs is 3. The van der Waals surface area contributed by atoms with Crippen molar-refractivity contribution in [3.63, 3.8) is 0 Å². The summed E-state index contributed by atoms with van der Waals surface area (Å²) >= 11 is 14.8. The van der Waals surface area contributed by atoms with Crippen molar-refractivity contribution < 1.29 is 5.11 Å². The molecule has 174 valence electrons. The molecule has 6 rings (SSSR count). The lowest BCUT2D eigenvalue weighted by molar-refractivity contribution is 0.468. The quantitative estimate of drug-likeness (QED) is 0.288. The zero-order valence-corrected chi connectivity index (χ0v) is 22.9. The molecule has 1 N–H and O–H groups in total. The van der Waals surface area contributed by atoms with Gasteiger partial charge in [0.25, 0.3) is 5.56 Å². The van der Waals surface area contributed by atoms with Crippen molar-refractivity contribution in [2.75, 3.05) is 0 Å². The fraction of sp³-hybridized carbons (Fsp3) is 0.111. The van der Waals surface area contributed by atoms with Crippen LogP contribution in [-0.2, 0) is 6.42 Å². The number of rotatable bonds is 2. The maximum absolute atomic E-state index is 13.8. The molecule has 4 nitrogen and oxygen atoms in total. The molecule has 1 aliphatic heterocycles. The van der Waals surface area contributed by atoms with Crippen LogP contribution in [0.3, 0.4) is 0 Å². The molecule has 0 amide bonds. The molecule has 2 heterocycles. The summed E-state index contributed by atoms with van der Waals surface area (Å²) in [5.41, 5.74) is 6.03. The van der Waals surface area contributed by atoms with Gasteiger partial charge in [-0.3, -0.25) is 9.36 Å². The van der Waals surface area contributed by atoms with E-state index in [1.807, 2.05) is 36.4 Å². The summed E-state index contributed by atoms with van der Waals surface area (Å²) in [4.78, 5) is 19.5. The largest absolute Gasteiger partial charge is 0.506 e. The third kappa shape index (κ3) is 3.85. The topological polar surface area (TPSA) is 54.6 Å². The molecular weight excluding hydrogens is 612 g/mol. The predicted molar refractivity (Wildman–Crippen MR) is 148 cm³/mol. The van der Waals surface area contributed by atoms with Crippen LogP contribution in [0.1, 0.15) is 34.7 Å². The summed E-state index contributed by atoms with van der Waals surface area (Å²) < 4.78 is 3.45. The van der Waals surface area contributed by atoms with Gasteiger partial charge in [-0.2, -0.15) is 0 Å². The van der Waals surface area contributed by atoms with Gasteiger partial charge >= 0.3 is 0 Å². The van der Waals surface area contributed by atoms with Gasteiger partial charge in [0.1, 0.15) is 5.75 Å². The summed E-state index contributed by atoms with van der Waals surface area (Å²) in [6.45, 7) is 0. The van der Waals surface area contributed by atoms with Crippen molar-refractivity contribution in [3.05, 3.63) is 122 Å². The van der Waals surface area contributed by atoms with E-state index < -0.39 is 0 Å². The molecule has 0 saturated carbocycles. The Morgan fingerprint density at radius 2 is 1.77 bits per heavy atom. The first kappa shape index (κ1) is 23.0. The van der Waals surface area contributed by atoms with Crippen molar-refractivity contribution in [2.24, 2.45) is 4.99 Å². The van der Waals surface area contributed by atoms with Crippen molar-refractivity contribution >= 4 is 66.6 Å². The monoisotopic (exact) mass is 626 g/mol. The second-order valence-electron chi connectivity index (χ2n) is 8.47. The molecule has 1 atom stereocenters. The lowest BCUT2D eigenvalue weighted by atomic mass is 9.83. The molecule has 1 unspecified atom stereocenters. The number of aromatic nitrogens is 1. The first-order valence-corrected chi connectivity index (χ1v) is 13.8. The van der Waals surface area contributed by atoms with Gasteiger partial charge in [-0.05, 0) is 91.2 Å². The van der Waals surface area contributed by atoms with E-state index in [0.29, 0.717) is 23.3 Å². The second kappa shape index (κ2) is 8.89. The molecule has 8 heteroatoms. The smallest absolute Gasteiger partial charge is 0.271 e. The lowest BCUT2D eigenvalue weighted by Gasteiger charge is -2.31. The second-order valence-corrected chi connectivity index (χ2v) is 11.6. The average Bonchev–Trinajstić information content (AvgIpc) is 3.16. The van der Waals surface area contributed by atoms with E-state index in [1.165, 1.54) is 16.9 Å². The number of hydrogen-bond donors (Lipinski definition) is 1. The van der Waals surface area contributed by atoms with Crippen molar-refractivity contribution in [1.29, 1.82) is 0 Å². The van der Waals surface area contributed by atoms with Gasteiger partial charge in [0.15, 0.2) is 4.80 Å². The molecule has 4 aromatic rings. The van der Waals surface area contributed by atoms with Gasteiger partial charge < -0.3 is 5.11 Å². The van der Waals surface area contributed by atoms with Crippen molar-refractivity contribution in [3.8, 4) is 5.75 Å². The van der Waals surface area contributed by atoms with Gasteiger partial charge in [-0.25, -0.2) is 4.99 Å². The summed E-state index contributed by atoms with van der Waals surface area (Å²) in [6.07, 6.45) is 3.54. The van der Waals surface area contributed by atoms with E-state index in [9.17, 15) is 9.90 Å². The number of thiazole rings is 1. The lowest BCUT2D eigenvalue weighted by Crippen LogP contribution is -2.38. The van der Waals surface area contributed by atoms with E-state index in [0.717, 1.165) is 40.8 Å². The van der Waals surface area contributed by atoms with Crippen LogP contribution in [0.25, 0.3) is 11.8 Å². The molecule has 0 fully saturated rings. The number of nitrogens with zero attached hydrogens (tertiary/aromatic N) is 2. The third-order valence-corrected chi connectivity index (χ3v) is 8.95. The van der Waals surface area contributed by atoms with Gasteiger partial charge in [-0.15, -0.1) is 0 Å². The number of allylic oxidation sites excluding steroid dienone is 1. The highest BCUT2D eigenvalue weighted by molar-refractivity contribution is 9.11. The Bertz CT molecular complexity index is 1720. The Labute approximate surface area is 226 Å². The number of benzene rings is 3. The molecule has 0 saturated heterocycles. The van der Waals surface area contributed by atoms with E-state index in [1.54, 1.807) is 16.7 Å². The Morgan fingerprint density at radius 3 is 2.54 bits per heavy atom. The first-order valence-electron chi connectivity index (χ1n) is 11.0. The van der Waals surface area contributed by atoms with Crippen LogP contribution in [0.2, 0.25) is 5.02 Å². The maximum Gasteiger partial charge on any atom is 0.271 e. The maximum atomic E-state index is 13.8. The molecule has 1 aliphatic carbocycles. The highest BCUT2D eigenvalue weighted by Gasteiger charge is 2.33. The fourth-order valence-electron chi connectivity index (χ4n) is 4.82. The van der Waals surface area contributed by atoms with Crippen LogP contribution in [0.4, 0.5) is 0 Å². The highest BCUT2D eigenvalue weighted by Crippen LogP contribution is 2.42. The number of aryl methyl sites for hydroxylation is 1. The molecule has 1 aromatic heterocycles. The Hall–Kier alpha value is -2.45. The van der Waals surface area contributed by atoms with E-state index in [4.69, 9.17) is 16.6 Å². The van der Waals surface area contributed by atoms with Gasteiger partial charge in [0.05, 0.1) is 25.2 Å². The SMILES string of the molecule is O=c1c(=Cc2cc(Br)c(O)c(Br)c2)sc2n1C(c1ccccc1Cl)C1=C(N=2)c2ccccc2CC1. The van der Waals surface area contributed by atoms with E-state index in [-0.39, 0.29) is 17.4 Å². The van der Waals surface area contributed by atoms with Gasteiger partial charge in [0.2, 0.25) is 0 Å². The van der Waals surface area contributed by atoms with Crippen LogP contribution in [-0.4, -0.2) is 9.67 Å². The zero-order chi connectivity index (χ0) is 24.3. The minimum absolute atomic E-state index is 0.107. The fourth-order valence-corrected chi connectivity index (χ4v) is 7.28. The van der Waals surface area contributed by atoms with Crippen LogP contribution in [0, 0.1) is 0 Å². The Balaban J connectivity index is 1.64. The Kier molecular flexibility index (Phi) is 5.84. The number of phenolic OH excluding ortho intramolecular Hbond substituents is 1. The van der Waals surface area contributed by atoms with Gasteiger partial charge in [0, 0.05) is 10.6 Å². The van der Waals surface area contributed by atoms with Gasteiger partial charge in [-0.1, -0.05) is 65.4 Å². The third-order valence-electron chi connectivity index (χ3n) is 6.41. The van der Waals surface area contributed by atoms with Crippen LogP contribution >= 0.6 is 54.8 Å². The first-order chi connectivity index (χ1) is 16.9. The summed E-state index contributed by atoms with van der Waals surface area (Å²) in [5.74, 6) is 0.119. The van der Waals surface area contributed by atoms with Crippen molar-refractivity contribution in [1.82, 2.24) is 4.57 Å². The average molecular weight is 629 g/mol. The van der Waals surface area contributed by atoms with E-state index in [2.05, 4.69) is 50.1 Å². The van der Waals surface area contributed by atoms with E-state index >= 15 is 0 Å². The molecule has 0 radical (unpaired) electrons. The molecule has 3 aromatic carbocycles. The number of aromatic hydroxyl groups is 1.